The molecule has 1 N–H and O–H groups in total. The van der Waals surface area contributed by atoms with Crippen LogP contribution in [0.3, 0.4) is 0 Å². The first kappa shape index (κ1) is 22.9. The van der Waals surface area contributed by atoms with Gasteiger partial charge in [-0.2, -0.15) is 0 Å². The lowest BCUT2D eigenvalue weighted by Crippen LogP contribution is -2.23. The molecule has 0 bridgehead atoms. The molecule has 35 heavy (non-hydrogen) atoms. The van der Waals surface area contributed by atoms with Gasteiger partial charge >= 0.3 is 0 Å². The zero-order valence-electron chi connectivity index (χ0n) is 19.0. The van der Waals surface area contributed by atoms with Crippen LogP contribution in [0, 0.1) is 0 Å². The summed E-state index contributed by atoms with van der Waals surface area (Å²) in [6, 6.07) is 18.0. The number of carbonyl (C=O) groups excluding carboxylic acids is 1. The van der Waals surface area contributed by atoms with Crippen LogP contribution in [0.5, 0.6) is 5.75 Å². The largest absolute Gasteiger partial charge is 0.496 e. The van der Waals surface area contributed by atoms with Crippen LogP contribution in [0.4, 0.5) is 0 Å². The Labute approximate surface area is 202 Å². The van der Waals surface area contributed by atoms with Crippen LogP contribution in [-0.2, 0) is 27.7 Å². The van der Waals surface area contributed by atoms with E-state index in [1.165, 1.54) is 6.07 Å². The van der Waals surface area contributed by atoms with Gasteiger partial charge in [-0.1, -0.05) is 18.2 Å². The van der Waals surface area contributed by atoms with Gasteiger partial charge in [-0.3, -0.25) is 9.78 Å². The minimum Gasteiger partial charge on any atom is -0.496 e. The average molecular weight is 490 g/mol. The van der Waals surface area contributed by atoms with E-state index in [9.17, 15) is 13.2 Å². The maximum Gasteiger partial charge on any atom is 0.251 e. The maximum atomic E-state index is 12.8. The molecule has 4 aromatic rings. The van der Waals surface area contributed by atoms with Crippen molar-refractivity contribution in [1.29, 1.82) is 0 Å². The topological polar surface area (TPSA) is 107 Å². The van der Waals surface area contributed by atoms with Crippen LogP contribution < -0.4 is 10.1 Å². The van der Waals surface area contributed by atoms with Gasteiger partial charge in [0, 0.05) is 22.7 Å². The third kappa shape index (κ3) is 4.73. The first-order valence-corrected chi connectivity index (χ1v) is 12.7. The van der Waals surface area contributed by atoms with Crippen LogP contribution in [0.25, 0.3) is 22.2 Å². The lowest BCUT2D eigenvalue weighted by atomic mass is 10.1. The van der Waals surface area contributed by atoms with Crippen molar-refractivity contribution in [2.75, 3.05) is 19.5 Å². The van der Waals surface area contributed by atoms with Gasteiger partial charge in [0.1, 0.15) is 5.75 Å². The molecule has 0 radical (unpaired) electrons. The Bertz CT molecular complexity index is 1540. The van der Waals surface area contributed by atoms with Gasteiger partial charge in [0.15, 0.2) is 9.84 Å². The van der Waals surface area contributed by atoms with Crippen molar-refractivity contribution in [2.45, 2.75) is 18.0 Å². The molecule has 3 heterocycles. The molecule has 1 aliphatic heterocycles. The predicted molar refractivity (Wildman–Crippen MR) is 131 cm³/mol. The molecular weight excluding hydrogens is 466 g/mol. The van der Waals surface area contributed by atoms with E-state index in [1.54, 1.807) is 25.4 Å². The summed E-state index contributed by atoms with van der Waals surface area (Å²) in [5.74, 6) is 0.247. The molecule has 2 aromatic carbocycles. The predicted octanol–water partition coefficient (Wildman–Crippen LogP) is 3.54. The highest BCUT2D eigenvalue weighted by Gasteiger charge is 2.23. The summed E-state index contributed by atoms with van der Waals surface area (Å²) in [5.41, 5.74) is 3.85. The summed E-state index contributed by atoms with van der Waals surface area (Å²) >= 11 is 0. The van der Waals surface area contributed by atoms with Gasteiger partial charge in [0.05, 0.1) is 54.4 Å². The number of pyridine rings is 2. The summed E-state index contributed by atoms with van der Waals surface area (Å²) in [5, 5.41) is 3.69. The fraction of sp³-hybridized carbons (Fsp3) is 0.192. The molecule has 0 saturated heterocycles. The first-order chi connectivity index (χ1) is 16.9. The molecule has 0 spiro atoms. The second kappa shape index (κ2) is 9.44. The number of methoxy groups -OCH3 is 1. The van der Waals surface area contributed by atoms with E-state index in [-0.39, 0.29) is 41.9 Å². The van der Waals surface area contributed by atoms with E-state index in [2.05, 4.69) is 10.3 Å². The Morgan fingerprint density at radius 1 is 1.11 bits per heavy atom. The van der Waals surface area contributed by atoms with Gasteiger partial charge in [-0.25, -0.2) is 13.4 Å². The Hall–Kier alpha value is -3.82. The highest BCUT2D eigenvalue weighted by molar-refractivity contribution is 7.91. The van der Waals surface area contributed by atoms with Crippen molar-refractivity contribution in [2.24, 2.45) is 0 Å². The number of rotatable bonds is 5. The molecule has 0 fully saturated rings. The number of hydrogen-bond acceptors (Lipinski definition) is 7. The van der Waals surface area contributed by atoms with Crippen molar-refractivity contribution < 1.29 is 22.7 Å². The van der Waals surface area contributed by atoms with Crippen molar-refractivity contribution in [3.8, 4) is 17.0 Å². The Balaban J connectivity index is 1.36. The summed E-state index contributed by atoms with van der Waals surface area (Å²) in [4.78, 5) is 22.1. The second-order valence-electron chi connectivity index (χ2n) is 8.14. The van der Waals surface area contributed by atoms with E-state index >= 15 is 0 Å². The van der Waals surface area contributed by atoms with Crippen LogP contribution in [0.15, 0.2) is 71.8 Å². The van der Waals surface area contributed by atoms with Crippen molar-refractivity contribution in [3.05, 3.63) is 83.7 Å². The Kier molecular flexibility index (Phi) is 6.19. The third-order valence-corrected chi connectivity index (χ3v) is 7.62. The fourth-order valence-corrected chi connectivity index (χ4v) is 5.39. The molecular formula is C26H23N3O5S. The van der Waals surface area contributed by atoms with E-state index in [0.717, 1.165) is 27.9 Å². The van der Waals surface area contributed by atoms with Gasteiger partial charge < -0.3 is 14.8 Å². The zero-order chi connectivity index (χ0) is 24.4. The third-order valence-electron chi connectivity index (χ3n) is 5.86. The molecule has 2 aromatic heterocycles. The number of benzene rings is 2. The normalized spacial score (nSPS) is 14.7. The molecule has 5 rings (SSSR count). The van der Waals surface area contributed by atoms with E-state index < -0.39 is 9.84 Å². The highest BCUT2D eigenvalue weighted by atomic mass is 32.2. The number of fused-ring (bicyclic) bond motifs is 2. The van der Waals surface area contributed by atoms with Crippen molar-refractivity contribution in [1.82, 2.24) is 15.3 Å². The number of amides is 1. The number of sulfone groups is 1. The van der Waals surface area contributed by atoms with Crippen LogP contribution in [0.2, 0.25) is 0 Å². The standard InChI is InChI=1S/C26H23N3O5S/c1-33-24-5-3-2-4-21(24)22-9-8-18-14-27-20(13-23(18)29-22)15-28-26(30)17-6-7-19-16-34-10-11-35(31,32)25(19)12-17/h2-9,12-14H,10-11,15-16H2,1H3,(H,28,30). The lowest BCUT2D eigenvalue weighted by Gasteiger charge is -2.10. The molecule has 0 unspecified atom stereocenters. The number of nitrogens with zero attached hydrogens (tertiary/aromatic N) is 2. The first-order valence-electron chi connectivity index (χ1n) is 11.1. The number of hydrogen-bond donors (Lipinski definition) is 1. The average Bonchev–Trinajstić information content (AvgIpc) is 3.04. The summed E-state index contributed by atoms with van der Waals surface area (Å²) in [7, 11) is -1.87. The van der Waals surface area contributed by atoms with E-state index in [0.29, 0.717) is 11.3 Å². The van der Waals surface area contributed by atoms with Crippen LogP contribution in [0.1, 0.15) is 21.6 Å². The summed E-state index contributed by atoms with van der Waals surface area (Å²) in [6.07, 6.45) is 1.71. The zero-order valence-corrected chi connectivity index (χ0v) is 19.8. The minimum absolute atomic E-state index is 0.101. The molecule has 1 aliphatic rings. The Morgan fingerprint density at radius 2 is 1.97 bits per heavy atom. The number of aromatic nitrogens is 2. The van der Waals surface area contributed by atoms with E-state index in [4.69, 9.17) is 14.5 Å². The van der Waals surface area contributed by atoms with E-state index in [1.807, 2.05) is 42.5 Å². The second-order valence-corrected chi connectivity index (χ2v) is 10.2. The van der Waals surface area contributed by atoms with Gasteiger partial charge in [0.2, 0.25) is 0 Å². The maximum absolute atomic E-state index is 12.8. The number of carbonyl (C=O) groups is 1. The molecule has 0 atom stereocenters. The SMILES string of the molecule is COc1ccccc1-c1ccc2cnc(CNC(=O)c3ccc4c(c3)S(=O)(=O)CCOC4)cc2n1. The minimum atomic E-state index is -3.49. The molecule has 1 amide bonds. The van der Waals surface area contributed by atoms with Gasteiger partial charge in [-0.15, -0.1) is 0 Å². The Morgan fingerprint density at radius 3 is 2.83 bits per heavy atom. The van der Waals surface area contributed by atoms with Crippen LogP contribution >= 0.6 is 0 Å². The quantitative estimate of drug-likeness (QED) is 0.457. The molecule has 0 aliphatic carbocycles. The fourth-order valence-electron chi connectivity index (χ4n) is 4.00. The summed E-state index contributed by atoms with van der Waals surface area (Å²) in [6.45, 7) is 0.516. The molecule has 178 valence electrons. The number of ether oxygens (including phenoxy) is 2. The van der Waals surface area contributed by atoms with Gasteiger partial charge in [-0.05, 0) is 48.0 Å². The lowest BCUT2D eigenvalue weighted by molar-refractivity contribution is 0.0950. The van der Waals surface area contributed by atoms with Crippen LogP contribution in [-0.4, -0.2) is 43.8 Å². The number of para-hydroxylation sites is 1. The van der Waals surface area contributed by atoms with Gasteiger partial charge in [0.25, 0.3) is 5.91 Å². The van der Waals surface area contributed by atoms with Crippen molar-refractivity contribution >= 4 is 26.6 Å². The monoisotopic (exact) mass is 489 g/mol. The molecule has 8 nitrogen and oxygen atoms in total. The molecule has 9 heteroatoms. The highest BCUT2D eigenvalue weighted by Crippen LogP contribution is 2.29. The summed E-state index contributed by atoms with van der Waals surface area (Å²) < 4.78 is 35.8. The molecule has 0 saturated carbocycles. The smallest absolute Gasteiger partial charge is 0.251 e. The van der Waals surface area contributed by atoms with Crippen molar-refractivity contribution in [3.63, 3.8) is 0 Å². The number of nitrogens with one attached hydrogen (secondary N) is 1.